The van der Waals surface area contributed by atoms with Gasteiger partial charge in [-0.15, -0.1) is 0 Å². The highest BCUT2D eigenvalue weighted by molar-refractivity contribution is 6.23. The maximum atomic E-state index is 5.22. The Labute approximate surface area is 321 Å². The van der Waals surface area contributed by atoms with Crippen LogP contribution >= 0.6 is 0 Å². The number of fused-ring (bicyclic) bond motifs is 9. The maximum Gasteiger partial charge on any atom is 0.0979 e. The van der Waals surface area contributed by atoms with E-state index >= 15 is 0 Å². The van der Waals surface area contributed by atoms with Crippen LogP contribution in [0.5, 0.6) is 0 Å². The van der Waals surface area contributed by atoms with Gasteiger partial charge in [-0.05, 0) is 88.4 Å². The summed E-state index contributed by atoms with van der Waals surface area (Å²) in [6.45, 7) is 0. The third kappa shape index (κ3) is 5.41. The molecular weight excluding hydrogens is 667 g/mol. The normalized spacial score (nSPS) is 16.5. The zero-order chi connectivity index (χ0) is 36.3. The molecule has 3 heteroatoms. The summed E-state index contributed by atoms with van der Waals surface area (Å²) < 4.78 is 2.55. The van der Waals surface area contributed by atoms with Crippen LogP contribution in [-0.2, 0) is 6.42 Å². The SMILES string of the molecule is C1=CCCC(n2c3c(c4ccc(-c5ccc(-c6cccc(C7C=CC(c8cnc9c%10ccccc%10c%10ccccc%10c9n8)=CC7)c6)cc5)cc42)C=CCC3)=C1. The van der Waals surface area contributed by atoms with Crippen molar-refractivity contribution < 1.29 is 0 Å². The van der Waals surface area contributed by atoms with E-state index in [4.69, 9.17) is 9.97 Å². The molecule has 11 rings (SSSR count). The molecule has 3 aliphatic carbocycles. The molecule has 0 aliphatic heterocycles. The Hall–Kier alpha value is -6.58. The van der Waals surface area contributed by atoms with E-state index in [0.717, 1.165) is 65.2 Å². The van der Waals surface area contributed by atoms with E-state index in [9.17, 15) is 0 Å². The summed E-state index contributed by atoms with van der Waals surface area (Å²) >= 11 is 0. The van der Waals surface area contributed by atoms with Crippen LogP contribution in [0, 0.1) is 0 Å². The van der Waals surface area contributed by atoms with Gasteiger partial charge in [0.15, 0.2) is 0 Å². The molecule has 1 atom stereocenters. The lowest BCUT2D eigenvalue weighted by atomic mass is 9.88. The molecule has 2 heterocycles. The minimum absolute atomic E-state index is 0.305. The Morgan fingerprint density at radius 3 is 2.07 bits per heavy atom. The summed E-state index contributed by atoms with van der Waals surface area (Å²) in [7, 11) is 0. The van der Waals surface area contributed by atoms with Gasteiger partial charge in [0.25, 0.3) is 0 Å². The molecule has 6 aromatic carbocycles. The molecule has 3 aliphatic rings. The second-order valence-corrected chi connectivity index (χ2v) is 15.1. The van der Waals surface area contributed by atoms with E-state index < -0.39 is 0 Å². The van der Waals surface area contributed by atoms with Crippen LogP contribution in [0.25, 0.3) is 83.1 Å². The first-order valence-corrected chi connectivity index (χ1v) is 19.6. The lowest BCUT2D eigenvalue weighted by Gasteiger charge is -2.18. The largest absolute Gasteiger partial charge is 0.317 e. The second-order valence-electron chi connectivity index (χ2n) is 15.1. The Kier molecular flexibility index (Phi) is 7.58. The van der Waals surface area contributed by atoms with Crippen molar-refractivity contribution in [3.05, 3.63) is 187 Å². The number of rotatable bonds is 5. The number of hydrogen-bond donors (Lipinski definition) is 0. The number of allylic oxidation sites excluding steroid dienone is 9. The first-order valence-electron chi connectivity index (χ1n) is 19.6. The third-order valence-corrected chi connectivity index (χ3v) is 11.9. The molecule has 0 fully saturated rings. The summed E-state index contributed by atoms with van der Waals surface area (Å²) in [6, 6.07) is 42.3. The molecule has 0 bridgehead atoms. The van der Waals surface area contributed by atoms with Crippen molar-refractivity contribution in [3.8, 4) is 22.3 Å². The molecular formula is C52H39N3. The monoisotopic (exact) mass is 705 g/mol. The fourth-order valence-corrected chi connectivity index (χ4v) is 9.13. The van der Waals surface area contributed by atoms with Crippen molar-refractivity contribution in [1.29, 1.82) is 0 Å². The van der Waals surface area contributed by atoms with Gasteiger partial charge in [-0.25, -0.2) is 4.98 Å². The van der Waals surface area contributed by atoms with Crippen LogP contribution in [0.15, 0.2) is 164 Å². The molecule has 0 N–H and O–H groups in total. The van der Waals surface area contributed by atoms with E-state index in [1.165, 1.54) is 66.4 Å². The molecule has 0 saturated heterocycles. The van der Waals surface area contributed by atoms with Gasteiger partial charge >= 0.3 is 0 Å². The van der Waals surface area contributed by atoms with Gasteiger partial charge in [0, 0.05) is 39.0 Å². The van der Waals surface area contributed by atoms with Crippen LogP contribution in [-0.4, -0.2) is 14.5 Å². The molecule has 0 saturated carbocycles. The maximum absolute atomic E-state index is 5.22. The van der Waals surface area contributed by atoms with Gasteiger partial charge < -0.3 is 4.57 Å². The highest BCUT2D eigenvalue weighted by Crippen LogP contribution is 2.39. The Balaban J connectivity index is 0.860. The summed E-state index contributed by atoms with van der Waals surface area (Å²) in [5, 5.41) is 6.08. The van der Waals surface area contributed by atoms with Crippen LogP contribution < -0.4 is 0 Å². The van der Waals surface area contributed by atoms with E-state index in [1.54, 1.807) is 0 Å². The van der Waals surface area contributed by atoms with Crippen LogP contribution in [0.3, 0.4) is 0 Å². The average Bonchev–Trinajstić information content (AvgIpc) is 3.60. The highest BCUT2D eigenvalue weighted by atomic mass is 15.0. The van der Waals surface area contributed by atoms with Gasteiger partial charge in [0.1, 0.15) is 0 Å². The van der Waals surface area contributed by atoms with Crippen LogP contribution in [0.1, 0.15) is 54.1 Å². The molecule has 1 unspecified atom stereocenters. The van der Waals surface area contributed by atoms with Crippen molar-refractivity contribution in [2.45, 2.75) is 38.0 Å². The van der Waals surface area contributed by atoms with Gasteiger partial charge in [-0.1, -0.05) is 152 Å². The lowest BCUT2D eigenvalue weighted by molar-refractivity contribution is 0.856. The molecule has 55 heavy (non-hydrogen) atoms. The summed E-state index contributed by atoms with van der Waals surface area (Å²) in [5.41, 5.74) is 15.8. The van der Waals surface area contributed by atoms with Crippen LogP contribution in [0.4, 0.5) is 0 Å². The number of aromatic nitrogens is 3. The van der Waals surface area contributed by atoms with Crippen molar-refractivity contribution in [2.24, 2.45) is 0 Å². The van der Waals surface area contributed by atoms with Crippen molar-refractivity contribution in [1.82, 2.24) is 14.5 Å². The standard InChI is InChI=1S/C52H39N3/c1-2-13-41(14-3-1)55-49-20-9-8-17-44(49)45-30-29-40(32-50(45)55)36-23-21-34(22-24-36)38-11-10-12-39(31-38)35-25-27-37(28-26-35)48-33-53-51-46-18-6-4-15-42(46)43-16-5-7-19-47(43)52(51)54-48/h1-2,4-8,10-13,15-19,21-25,27-33,35H,3,9,14,20,26H2. The minimum atomic E-state index is 0.305. The average molecular weight is 706 g/mol. The summed E-state index contributed by atoms with van der Waals surface area (Å²) in [4.78, 5) is 10.2. The molecule has 0 spiro atoms. The molecule has 262 valence electrons. The van der Waals surface area contributed by atoms with E-state index in [-0.39, 0.29) is 0 Å². The van der Waals surface area contributed by atoms with Crippen molar-refractivity contribution >= 4 is 60.8 Å². The number of benzene rings is 6. The topological polar surface area (TPSA) is 30.7 Å². The smallest absolute Gasteiger partial charge is 0.0979 e. The van der Waals surface area contributed by atoms with Crippen molar-refractivity contribution in [3.63, 3.8) is 0 Å². The lowest BCUT2D eigenvalue weighted by Crippen LogP contribution is -2.05. The number of nitrogens with zero attached hydrogens (tertiary/aromatic N) is 3. The zero-order valence-electron chi connectivity index (χ0n) is 30.6. The molecule has 0 radical (unpaired) electrons. The van der Waals surface area contributed by atoms with Gasteiger partial charge in [-0.3, -0.25) is 4.98 Å². The molecule has 2 aromatic heterocycles. The summed E-state index contributed by atoms with van der Waals surface area (Å²) in [5.74, 6) is 0.305. The first-order chi connectivity index (χ1) is 27.3. The highest BCUT2D eigenvalue weighted by Gasteiger charge is 2.21. The van der Waals surface area contributed by atoms with Gasteiger partial charge in [0.2, 0.25) is 0 Å². The quantitative estimate of drug-likeness (QED) is 0.167. The predicted molar refractivity (Wildman–Crippen MR) is 232 cm³/mol. The second kappa shape index (κ2) is 13.1. The first kappa shape index (κ1) is 31.9. The van der Waals surface area contributed by atoms with Crippen molar-refractivity contribution in [2.75, 3.05) is 0 Å². The zero-order valence-corrected chi connectivity index (χ0v) is 30.6. The fourth-order valence-electron chi connectivity index (χ4n) is 9.13. The Bertz CT molecular complexity index is 2970. The van der Waals surface area contributed by atoms with E-state index in [2.05, 4.69) is 168 Å². The fraction of sp³-hybridized carbons (Fsp3) is 0.115. The van der Waals surface area contributed by atoms with Gasteiger partial charge in [0.05, 0.1) is 28.4 Å². The number of hydrogen-bond acceptors (Lipinski definition) is 2. The van der Waals surface area contributed by atoms with E-state index in [0.29, 0.717) is 5.92 Å². The third-order valence-electron chi connectivity index (χ3n) is 11.9. The van der Waals surface area contributed by atoms with E-state index in [1.807, 2.05) is 6.20 Å². The Morgan fingerprint density at radius 2 is 1.33 bits per heavy atom. The van der Waals surface area contributed by atoms with Crippen LogP contribution in [0.2, 0.25) is 0 Å². The molecule has 8 aromatic rings. The predicted octanol–water partition coefficient (Wildman–Crippen LogP) is 13.5. The minimum Gasteiger partial charge on any atom is -0.317 e. The molecule has 0 amide bonds. The summed E-state index contributed by atoms with van der Waals surface area (Å²) in [6.07, 6.45) is 25.6. The molecule has 3 nitrogen and oxygen atoms in total. The Morgan fingerprint density at radius 1 is 0.600 bits per heavy atom. The van der Waals surface area contributed by atoms with Gasteiger partial charge in [-0.2, -0.15) is 0 Å².